The van der Waals surface area contributed by atoms with Crippen LogP contribution >= 0.6 is 31.9 Å². The summed E-state index contributed by atoms with van der Waals surface area (Å²) in [6.07, 6.45) is 5.36. The van der Waals surface area contributed by atoms with Crippen LogP contribution in [-0.2, 0) is 6.42 Å². The van der Waals surface area contributed by atoms with Crippen LogP contribution in [0.15, 0.2) is 45.6 Å². The Morgan fingerprint density at radius 3 is 2.76 bits per heavy atom. The molecular weight excluding hydrogens is 399 g/mol. The van der Waals surface area contributed by atoms with Gasteiger partial charge in [-0.05, 0) is 70.7 Å². The Bertz CT molecular complexity index is 605. The van der Waals surface area contributed by atoms with E-state index in [1.165, 1.54) is 6.07 Å². The Balaban J connectivity index is 2.25. The van der Waals surface area contributed by atoms with E-state index in [2.05, 4.69) is 49.1 Å². The van der Waals surface area contributed by atoms with E-state index < -0.39 is 0 Å². The highest BCUT2D eigenvalue weighted by molar-refractivity contribution is 9.10. The molecule has 21 heavy (non-hydrogen) atoms. The van der Waals surface area contributed by atoms with Gasteiger partial charge in [0.2, 0.25) is 0 Å². The molecule has 112 valence electrons. The lowest BCUT2D eigenvalue weighted by atomic mass is 10.00. The maximum atomic E-state index is 13.5. The Kier molecular flexibility index (Phi) is 6.33. The summed E-state index contributed by atoms with van der Waals surface area (Å²) < 4.78 is 15.3. The van der Waals surface area contributed by atoms with Crippen molar-refractivity contribution in [3.63, 3.8) is 0 Å². The van der Waals surface area contributed by atoms with Crippen LogP contribution in [0.25, 0.3) is 0 Å². The van der Waals surface area contributed by atoms with Crippen LogP contribution < -0.4 is 5.32 Å². The van der Waals surface area contributed by atoms with Crippen LogP contribution in [0, 0.1) is 5.82 Å². The van der Waals surface area contributed by atoms with Gasteiger partial charge < -0.3 is 5.32 Å². The molecule has 0 bridgehead atoms. The molecule has 0 aliphatic rings. The number of hydrogen-bond donors (Lipinski definition) is 1. The molecule has 0 aliphatic carbocycles. The highest BCUT2D eigenvalue weighted by atomic mass is 79.9. The fraction of sp³-hybridized carbons (Fsp3) is 0.312. The monoisotopic (exact) mass is 414 g/mol. The molecule has 1 atom stereocenters. The molecular formula is C16H17Br2FN2. The standard InChI is InChI=1S/C16H17Br2FN2/c1-2-5-21-16(12-6-13(17)10-20-9-12)8-11-7-14(19)3-4-15(11)18/h3-4,6-7,9-10,16,21H,2,5,8H2,1H3. The van der Waals surface area contributed by atoms with Gasteiger partial charge in [-0.2, -0.15) is 0 Å². The molecule has 1 heterocycles. The van der Waals surface area contributed by atoms with Gasteiger partial charge in [0.1, 0.15) is 5.82 Å². The number of hydrogen-bond acceptors (Lipinski definition) is 2. The summed E-state index contributed by atoms with van der Waals surface area (Å²) in [6, 6.07) is 6.95. The molecule has 1 aromatic heterocycles. The number of halogens is 3. The van der Waals surface area contributed by atoms with Gasteiger partial charge in [-0.25, -0.2) is 4.39 Å². The van der Waals surface area contributed by atoms with E-state index in [9.17, 15) is 4.39 Å². The predicted molar refractivity (Wildman–Crippen MR) is 90.8 cm³/mol. The summed E-state index contributed by atoms with van der Waals surface area (Å²) in [5.74, 6) is -0.213. The van der Waals surface area contributed by atoms with Crippen molar-refractivity contribution in [1.82, 2.24) is 10.3 Å². The summed E-state index contributed by atoms with van der Waals surface area (Å²) in [4.78, 5) is 4.22. The second-order valence-electron chi connectivity index (χ2n) is 4.88. The average molecular weight is 416 g/mol. The number of benzene rings is 1. The average Bonchev–Trinajstić information content (AvgIpc) is 2.47. The van der Waals surface area contributed by atoms with Crippen molar-refractivity contribution in [2.75, 3.05) is 6.54 Å². The van der Waals surface area contributed by atoms with E-state index in [1.54, 1.807) is 18.3 Å². The van der Waals surface area contributed by atoms with Crippen molar-refractivity contribution in [3.05, 3.63) is 62.5 Å². The Hall–Kier alpha value is -0.780. The number of nitrogens with one attached hydrogen (secondary N) is 1. The van der Waals surface area contributed by atoms with E-state index in [0.29, 0.717) is 6.42 Å². The summed E-state index contributed by atoms with van der Waals surface area (Å²) in [6.45, 7) is 3.03. The maximum Gasteiger partial charge on any atom is 0.123 e. The van der Waals surface area contributed by atoms with E-state index in [-0.39, 0.29) is 11.9 Å². The van der Waals surface area contributed by atoms with Crippen molar-refractivity contribution in [2.24, 2.45) is 0 Å². The number of rotatable bonds is 6. The summed E-state index contributed by atoms with van der Waals surface area (Å²) in [7, 11) is 0. The third-order valence-corrected chi connectivity index (χ3v) is 4.41. The molecule has 1 unspecified atom stereocenters. The molecule has 2 nitrogen and oxygen atoms in total. The molecule has 2 aromatic rings. The van der Waals surface area contributed by atoms with E-state index >= 15 is 0 Å². The Morgan fingerprint density at radius 2 is 2.05 bits per heavy atom. The molecule has 1 N–H and O–H groups in total. The van der Waals surface area contributed by atoms with Crippen LogP contribution in [0.5, 0.6) is 0 Å². The first kappa shape index (κ1) is 16.6. The van der Waals surface area contributed by atoms with E-state index in [1.807, 2.05) is 12.3 Å². The first-order valence-corrected chi connectivity index (χ1v) is 8.46. The first-order valence-electron chi connectivity index (χ1n) is 6.88. The third-order valence-electron chi connectivity index (χ3n) is 3.20. The SMILES string of the molecule is CCCNC(Cc1cc(F)ccc1Br)c1cncc(Br)c1. The van der Waals surface area contributed by atoms with Crippen molar-refractivity contribution in [1.29, 1.82) is 0 Å². The lowest BCUT2D eigenvalue weighted by Crippen LogP contribution is -2.24. The van der Waals surface area contributed by atoms with Crippen molar-refractivity contribution in [3.8, 4) is 0 Å². The molecule has 0 saturated heterocycles. The molecule has 0 radical (unpaired) electrons. The summed E-state index contributed by atoms with van der Waals surface area (Å²) in [5, 5.41) is 3.50. The second kappa shape index (κ2) is 8.01. The predicted octanol–water partition coefficient (Wildman–Crippen LogP) is 5.03. The minimum atomic E-state index is -0.213. The molecule has 0 saturated carbocycles. The van der Waals surface area contributed by atoms with Gasteiger partial charge in [0.05, 0.1) is 0 Å². The van der Waals surface area contributed by atoms with Crippen LogP contribution in [0.2, 0.25) is 0 Å². The Morgan fingerprint density at radius 1 is 1.24 bits per heavy atom. The minimum absolute atomic E-state index is 0.105. The first-order chi connectivity index (χ1) is 10.1. The van der Waals surface area contributed by atoms with Crippen LogP contribution in [0.4, 0.5) is 4.39 Å². The zero-order valence-electron chi connectivity index (χ0n) is 11.7. The molecule has 0 fully saturated rings. The molecule has 5 heteroatoms. The fourth-order valence-electron chi connectivity index (χ4n) is 2.16. The van der Waals surface area contributed by atoms with E-state index in [4.69, 9.17) is 0 Å². The summed E-state index contributed by atoms with van der Waals surface area (Å²) >= 11 is 6.95. The third kappa shape index (κ3) is 4.87. The molecule has 2 rings (SSSR count). The van der Waals surface area contributed by atoms with Gasteiger partial charge >= 0.3 is 0 Å². The summed E-state index contributed by atoms with van der Waals surface area (Å²) in [5.41, 5.74) is 2.04. The van der Waals surface area contributed by atoms with Gasteiger partial charge in [0.25, 0.3) is 0 Å². The number of aromatic nitrogens is 1. The van der Waals surface area contributed by atoms with Crippen LogP contribution in [0.3, 0.4) is 0 Å². The second-order valence-corrected chi connectivity index (χ2v) is 6.65. The highest BCUT2D eigenvalue weighted by Gasteiger charge is 2.14. The molecule has 1 aromatic carbocycles. The largest absolute Gasteiger partial charge is 0.310 e. The lowest BCUT2D eigenvalue weighted by molar-refractivity contribution is 0.525. The van der Waals surface area contributed by atoms with Gasteiger partial charge in [-0.3, -0.25) is 4.98 Å². The Labute approximate surface area is 141 Å². The lowest BCUT2D eigenvalue weighted by Gasteiger charge is -2.20. The molecule has 0 aliphatic heterocycles. The zero-order chi connectivity index (χ0) is 15.2. The van der Waals surface area contributed by atoms with Gasteiger partial charge in [-0.1, -0.05) is 22.9 Å². The van der Waals surface area contributed by atoms with Crippen molar-refractivity contribution < 1.29 is 4.39 Å². The number of pyridine rings is 1. The number of nitrogens with zero attached hydrogens (tertiary/aromatic N) is 1. The van der Waals surface area contributed by atoms with Crippen molar-refractivity contribution in [2.45, 2.75) is 25.8 Å². The smallest absolute Gasteiger partial charge is 0.123 e. The van der Waals surface area contributed by atoms with Gasteiger partial charge in [-0.15, -0.1) is 0 Å². The molecule has 0 amide bonds. The highest BCUT2D eigenvalue weighted by Crippen LogP contribution is 2.25. The fourth-order valence-corrected chi connectivity index (χ4v) is 2.96. The van der Waals surface area contributed by atoms with Crippen molar-refractivity contribution >= 4 is 31.9 Å². The van der Waals surface area contributed by atoms with Crippen LogP contribution in [-0.4, -0.2) is 11.5 Å². The minimum Gasteiger partial charge on any atom is -0.310 e. The van der Waals surface area contributed by atoms with Gasteiger partial charge in [0.15, 0.2) is 0 Å². The van der Waals surface area contributed by atoms with E-state index in [0.717, 1.165) is 33.0 Å². The molecule has 0 spiro atoms. The quantitative estimate of drug-likeness (QED) is 0.715. The maximum absolute atomic E-state index is 13.5. The zero-order valence-corrected chi connectivity index (χ0v) is 14.9. The normalized spacial score (nSPS) is 12.4. The van der Waals surface area contributed by atoms with Crippen LogP contribution in [0.1, 0.15) is 30.5 Å². The van der Waals surface area contributed by atoms with Gasteiger partial charge in [0, 0.05) is 27.4 Å². The topological polar surface area (TPSA) is 24.9 Å².